The van der Waals surface area contributed by atoms with Crippen molar-refractivity contribution in [3.05, 3.63) is 36.0 Å². The van der Waals surface area contributed by atoms with E-state index in [0.29, 0.717) is 42.6 Å². The minimum atomic E-state index is 0.362. The summed E-state index contributed by atoms with van der Waals surface area (Å²) in [5, 5.41) is 15.5. The van der Waals surface area contributed by atoms with Crippen LogP contribution in [0.1, 0.15) is 30.4 Å². The van der Waals surface area contributed by atoms with Crippen LogP contribution in [0, 0.1) is 6.92 Å². The van der Waals surface area contributed by atoms with E-state index in [4.69, 9.17) is 13.4 Å². The zero-order valence-electron chi connectivity index (χ0n) is 14.0. The van der Waals surface area contributed by atoms with Gasteiger partial charge in [-0.1, -0.05) is 5.16 Å². The first kappa shape index (κ1) is 16.0. The van der Waals surface area contributed by atoms with Crippen molar-refractivity contribution in [2.24, 2.45) is 0 Å². The van der Waals surface area contributed by atoms with Crippen LogP contribution in [0.5, 0.6) is 0 Å². The van der Waals surface area contributed by atoms with Gasteiger partial charge in [0.25, 0.3) is 5.89 Å². The molecule has 1 N–H and O–H groups in total. The molecule has 3 aromatic rings. The Kier molecular flexibility index (Phi) is 4.57. The molecule has 9 heteroatoms. The average Bonchev–Trinajstić information content (AvgIpc) is 3.35. The standard InChI is InChI=1S/C16H20N6O3/c1-11-18-14(21-25-11)10-22-6-2-4-12(9-22)17-8-15-19-20-16(24-15)13-5-3-7-23-13/h3,5,7,12,17H,2,4,6,8-10H2,1H3. The molecular formula is C16H20N6O3. The Morgan fingerprint density at radius 2 is 2.32 bits per heavy atom. The molecule has 0 radical (unpaired) electrons. The van der Waals surface area contributed by atoms with Crippen molar-refractivity contribution in [3.63, 3.8) is 0 Å². The zero-order valence-corrected chi connectivity index (χ0v) is 14.0. The Balaban J connectivity index is 1.29. The molecule has 0 saturated carbocycles. The fraction of sp³-hybridized carbons (Fsp3) is 0.500. The first-order valence-corrected chi connectivity index (χ1v) is 8.37. The van der Waals surface area contributed by atoms with Crippen LogP contribution < -0.4 is 5.32 Å². The van der Waals surface area contributed by atoms with Gasteiger partial charge in [-0.25, -0.2) is 0 Å². The largest absolute Gasteiger partial charge is 0.459 e. The van der Waals surface area contributed by atoms with E-state index in [-0.39, 0.29) is 0 Å². The summed E-state index contributed by atoms with van der Waals surface area (Å²) in [4.78, 5) is 6.60. The molecule has 0 aliphatic carbocycles. The lowest BCUT2D eigenvalue weighted by Crippen LogP contribution is -2.45. The van der Waals surface area contributed by atoms with E-state index in [1.165, 1.54) is 0 Å². The highest BCUT2D eigenvalue weighted by Gasteiger charge is 2.21. The number of hydrogen-bond acceptors (Lipinski definition) is 9. The number of nitrogens with one attached hydrogen (secondary N) is 1. The van der Waals surface area contributed by atoms with Gasteiger partial charge in [-0.05, 0) is 31.5 Å². The lowest BCUT2D eigenvalue weighted by molar-refractivity contribution is 0.175. The normalized spacial score (nSPS) is 18.7. The van der Waals surface area contributed by atoms with E-state index in [1.807, 2.05) is 0 Å². The Labute approximate surface area is 144 Å². The number of nitrogens with zero attached hydrogens (tertiary/aromatic N) is 5. The fourth-order valence-corrected chi connectivity index (χ4v) is 3.03. The summed E-state index contributed by atoms with van der Waals surface area (Å²) >= 11 is 0. The molecule has 4 rings (SSSR count). The van der Waals surface area contributed by atoms with Crippen molar-refractivity contribution in [2.45, 2.75) is 38.9 Å². The lowest BCUT2D eigenvalue weighted by Gasteiger charge is -2.32. The van der Waals surface area contributed by atoms with E-state index in [9.17, 15) is 0 Å². The van der Waals surface area contributed by atoms with E-state index in [2.05, 4.69) is 30.6 Å². The Bertz CT molecular complexity index is 797. The summed E-state index contributed by atoms with van der Waals surface area (Å²) in [6.07, 6.45) is 3.82. The predicted molar refractivity (Wildman–Crippen MR) is 86.2 cm³/mol. The van der Waals surface area contributed by atoms with Crippen LogP contribution >= 0.6 is 0 Å². The van der Waals surface area contributed by atoms with Crippen molar-refractivity contribution in [3.8, 4) is 11.7 Å². The second-order valence-electron chi connectivity index (χ2n) is 6.16. The summed E-state index contributed by atoms with van der Waals surface area (Å²) in [5.41, 5.74) is 0. The van der Waals surface area contributed by atoms with Gasteiger partial charge in [-0.3, -0.25) is 4.90 Å². The van der Waals surface area contributed by atoms with Gasteiger partial charge in [0.15, 0.2) is 11.6 Å². The van der Waals surface area contributed by atoms with E-state index in [0.717, 1.165) is 31.8 Å². The zero-order chi connectivity index (χ0) is 17.1. The molecule has 1 atom stereocenters. The van der Waals surface area contributed by atoms with Gasteiger partial charge in [0.05, 0.1) is 19.4 Å². The molecule has 0 aromatic carbocycles. The van der Waals surface area contributed by atoms with Crippen molar-refractivity contribution in [2.75, 3.05) is 13.1 Å². The number of hydrogen-bond donors (Lipinski definition) is 1. The van der Waals surface area contributed by atoms with Gasteiger partial charge in [0, 0.05) is 19.5 Å². The van der Waals surface area contributed by atoms with Crippen LogP contribution in [0.15, 0.2) is 31.8 Å². The van der Waals surface area contributed by atoms with Gasteiger partial charge < -0.3 is 18.7 Å². The van der Waals surface area contributed by atoms with Crippen LogP contribution in [0.25, 0.3) is 11.7 Å². The highest BCUT2D eigenvalue weighted by Crippen LogP contribution is 2.18. The summed E-state index contributed by atoms with van der Waals surface area (Å²) in [7, 11) is 0. The number of piperidine rings is 1. The molecule has 1 fully saturated rings. The Morgan fingerprint density at radius 3 is 3.12 bits per heavy atom. The number of furan rings is 1. The van der Waals surface area contributed by atoms with Crippen LogP contribution in [-0.4, -0.2) is 44.4 Å². The molecule has 4 heterocycles. The van der Waals surface area contributed by atoms with Gasteiger partial charge in [-0.2, -0.15) is 4.98 Å². The number of likely N-dealkylation sites (tertiary alicyclic amines) is 1. The molecule has 0 amide bonds. The molecule has 9 nitrogen and oxygen atoms in total. The minimum Gasteiger partial charge on any atom is -0.459 e. The molecule has 1 aliphatic rings. The Morgan fingerprint density at radius 1 is 1.36 bits per heavy atom. The second kappa shape index (κ2) is 7.16. The summed E-state index contributed by atoms with van der Waals surface area (Å²) < 4.78 is 15.9. The highest BCUT2D eigenvalue weighted by atomic mass is 16.5. The average molecular weight is 344 g/mol. The monoisotopic (exact) mass is 344 g/mol. The molecule has 25 heavy (non-hydrogen) atoms. The third-order valence-electron chi connectivity index (χ3n) is 4.18. The van der Waals surface area contributed by atoms with Crippen molar-refractivity contribution in [1.29, 1.82) is 0 Å². The van der Waals surface area contributed by atoms with Gasteiger partial charge >= 0.3 is 0 Å². The van der Waals surface area contributed by atoms with Crippen molar-refractivity contribution in [1.82, 2.24) is 30.6 Å². The first-order chi connectivity index (χ1) is 12.3. The Hall–Kier alpha value is -2.52. The maximum atomic E-state index is 5.62. The molecule has 0 bridgehead atoms. The minimum absolute atomic E-state index is 0.362. The highest BCUT2D eigenvalue weighted by molar-refractivity contribution is 5.42. The molecule has 1 aliphatic heterocycles. The van der Waals surface area contributed by atoms with Crippen LogP contribution in [0.4, 0.5) is 0 Å². The van der Waals surface area contributed by atoms with E-state index in [1.54, 1.807) is 25.3 Å². The molecule has 1 unspecified atom stereocenters. The smallest absolute Gasteiger partial charge is 0.283 e. The van der Waals surface area contributed by atoms with Gasteiger partial charge in [0.1, 0.15) is 0 Å². The van der Waals surface area contributed by atoms with Crippen LogP contribution in [0.2, 0.25) is 0 Å². The second-order valence-corrected chi connectivity index (χ2v) is 6.16. The first-order valence-electron chi connectivity index (χ1n) is 8.37. The number of rotatable bonds is 6. The summed E-state index contributed by atoms with van der Waals surface area (Å²) in [6.45, 7) is 5.01. The van der Waals surface area contributed by atoms with Gasteiger partial charge in [0.2, 0.25) is 11.8 Å². The number of aryl methyl sites for hydroxylation is 1. The lowest BCUT2D eigenvalue weighted by atomic mass is 10.1. The third kappa shape index (κ3) is 3.94. The van der Waals surface area contributed by atoms with Crippen LogP contribution in [-0.2, 0) is 13.1 Å². The molecular weight excluding hydrogens is 324 g/mol. The topological polar surface area (TPSA) is 106 Å². The van der Waals surface area contributed by atoms with E-state index >= 15 is 0 Å². The van der Waals surface area contributed by atoms with Gasteiger partial charge in [-0.15, -0.1) is 10.2 Å². The van der Waals surface area contributed by atoms with Crippen molar-refractivity contribution >= 4 is 0 Å². The van der Waals surface area contributed by atoms with E-state index < -0.39 is 0 Å². The molecule has 1 saturated heterocycles. The fourth-order valence-electron chi connectivity index (χ4n) is 3.03. The quantitative estimate of drug-likeness (QED) is 0.716. The third-order valence-corrected chi connectivity index (χ3v) is 4.18. The summed E-state index contributed by atoms with van der Waals surface area (Å²) in [5.74, 6) is 2.87. The van der Waals surface area contributed by atoms with Crippen LogP contribution in [0.3, 0.4) is 0 Å². The molecule has 132 valence electrons. The number of aromatic nitrogens is 4. The summed E-state index contributed by atoms with van der Waals surface area (Å²) in [6, 6.07) is 3.95. The SMILES string of the molecule is Cc1nc(CN2CCCC(NCc3nnc(-c4ccco4)o3)C2)no1. The molecule has 3 aromatic heterocycles. The van der Waals surface area contributed by atoms with Crippen molar-refractivity contribution < 1.29 is 13.4 Å². The maximum Gasteiger partial charge on any atom is 0.283 e. The molecule has 0 spiro atoms. The predicted octanol–water partition coefficient (Wildman–Crippen LogP) is 1.78. The maximum absolute atomic E-state index is 5.62.